The quantitative estimate of drug-likeness (QED) is 0.561. The van der Waals surface area contributed by atoms with Crippen molar-refractivity contribution in [2.24, 2.45) is 0 Å². The van der Waals surface area contributed by atoms with Gasteiger partial charge >= 0.3 is 0 Å². The molecule has 25 heavy (non-hydrogen) atoms. The van der Waals surface area contributed by atoms with Gasteiger partial charge in [-0.25, -0.2) is 4.98 Å². The average molecular weight is 335 g/mol. The standard InChI is InChI=1S/C17H17N7O/c1-25-14-4-2-12(3-5-14)15-8-16(17-22-21-11-24(17)23-15)19-7-6-13-9-18-10-20-13/h2-5,8-11,19H,6-7H2,1H3,(H,18,20). The van der Waals surface area contributed by atoms with E-state index in [-0.39, 0.29) is 0 Å². The summed E-state index contributed by atoms with van der Waals surface area (Å²) in [6.07, 6.45) is 5.94. The van der Waals surface area contributed by atoms with Crippen LogP contribution in [0.15, 0.2) is 49.2 Å². The molecule has 1 aromatic carbocycles. The van der Waals surface area contributed by atoms with Gasteiger partial charge in [-0.05, 0) is 30.3 Å². The molecule has 126 valence electrons. The summed E-state index contributed by atoms with van der Waals surface area (Å²) in [5.74, 6) is 0.812. The van der Waals surface area contributed by atoms with Crippen molar-refractivity contribution in [2.75, 3.05) is 19.0 Å². The van der Waals surface area contributed by atoms with Crippen molar-refractivity contribution in [1.82, 2.24) is 29.8 Å². The summed E-state index contributed by atoms with van der Waals surface area (Å²) >= 11 is 0. The SMILES string of the molecule is COc1ccc(-c2cc(NCCc3cnc[nH]3)c3nncn3n2)cc1. The first-order chi connectivity index (χ1) is 12.3. The van der Waals surface area contributed by atoms with E-state index in [9.17, 15) is 0 Å². The monoisotopic (exact) mass is 335 g/mol. The fourth-order valence-electron chi connectivity index (χ4n) is 2.61. The van der Waals surface area contributed by atoms with Gasteiger partial charge in [0, 0.05) is 30.4 Å². The van der Waals surface area contributed by atoms with Crippen LogP contribution in [-0.2, 0) is 6.42 Å². The highest BCUT2D eigenvalue weighted by Gasteiger charge is 2.10. The Balaban J connectivity index is 1.61. The van der Waals surface area contributed by atoms with Crippen LogP contribution in [0.4, 0.5) is 5.69 Å². The van der Waals surface area contributed by atoms with Crippen LogP contribution >= 0.6 is 0 Å². The number of ether oxygens (including phenoxy) is 1. The summed E-state index contributed by atoms with van der Waals surface area (Å²) in [6, 6.07) is 9.77. The van der Waals surface area contributed by atoms with Gasteiger partial charge in [-0.3, -0.25) is 0 Å². The van der Waals surface area contributed by atoms with E-state index < -0.39 is 0 Å². The molecular weight excluding hydrogens is 318 g/mol. The van der Waals surface area contributed by atoms with Crippen molar-refractivity contribution in [3.8, 4) is 17.0 Å². The van der Waals surface area contributed by atoms with E-state index in [0.29, 0.717) is 5.65 Å². The third-order valence-corrected chi connectivity index (χ3v) is 3.92. The fraction of sp³-hybridized carbons (Fsp3) is 0.176. The minimum atomic E-state index is 0.696. The number of methoxy groups -OCH3 is 1. The number of rotatable bonds is 6. The third-order valence-electron chi connectivity index (χ3n) is 3.92. The van der Waals surface area contributed by atoms with E-state index in [1.165, 1.54) is 0 Å². The first-order valence-electron chi connectivity index (χ1n) is 7.90. The predicted molar refractivity (Wildman–Crippen MR) is 93.6 cm³/mol. The number of hydrogen-bond donors (Lipinski definition) is 2. The molecule has 8 heteroatoms. The van der Waals surface area contributed by atoms with Gasteiger partial charge in [-0.1, -0.05) is 0 Å². The second-order valence-electron chi connectivity index (χ2n) is 5.52. The number of aromatic nitrogens is 6. The van der Waals surface area contributed by atoms with E-state index >= 15 is 0 Å². The van der Waals surface area contributed by atoms with Crippen molar-refractivity contribution in [3.05, 3.63) is 54.9 Å². The van der Waals surface area contributed by atoms with Crippen LogP contribution in [0.5, 0.6) is 5.75 Å². The molecule has 0 saturated carbocycles. The number of H-pyrrole nitrogens is 1. The zero-order valence-corrected chi connectivity index (χ0v) is 13.7. The number of nitrogens with zero attached hydrogens (tertiary/aromatic N) is 5. The molecule has 0 atom stereocenters. The lowest BCUT2D eigenvalue weighted by atomic mass is 10.1. The lowest BCUT2D eigenvalue weighted by Gasteiger charge is -2.09. The molecule has 0 unspecified atom stereocenters. The zero-order valence-electron chi connectivity index (χ0n) is 13.7. The number of anilines is 1. The van der Waals surface area contributed by atoms with Gasteiger partial charge < -0.3 is 15.0 Å². The number of hydrogen-bond acceptors (Lipinski definition) is 6. The van der Waals surface area contributed by atoms with E-state index in [1.807, 2.05) is 36.5 Å². The Bertz CT molecular complexity index is 961. The van der Waals surface area contributed by atoms with Crippen LogP contribution in [0.3, 0.4) is 0 Å². The molecule has 3 aromatic heterocycles. The lowest BCUT2D eigenvalue weighted by molar-refractivity contribution is 0.415. The van der Waals surface area contributed by atoms with Crippen molar-refractivity contribution >= 4 is 11.3 Å². The summed E-state index contributed by atoms with van der Waals surface area (Å²) in [6.45, 7) is 0.747. The molecule has 2 N–H and O–H groups in total. The van der Waals surface area contributed by atoms with Gasteiger partial charge in [-0.15, -0.1) is 10.2 Å². The van der Waals surface area contributed by atoms with Crippen molar-refractivity contribution in [3.63, 3.8) is 0 Å². The largest absolute Gasteiger partial charge is 0.497 e. The molecule has 0 aliphatic carbocycles. The highest BCUT2D eigenvalue weighted by molar-refractivity contribution is 5.73. The lowest BCUT2D eigenvalue weighted by Crippen LogP contribution is -2.08. The van der Waals surface area contributed by atoms with Gasteiger partial charge in [0.1, 0.15) is 12.1 Å². The minimum absolute atomic E-state index is 0.696. The van der Waals surface area contributed by atoms with Crippen molar-refractivity contribution in [1.29, 1.82) is 0 Å². The average Bonchev–Trinajstić information content (AvgIpc) is 3.33. The second-order valence-corrected chi connectivity index (χ2v) is 5.52. The zero-order chi connectivity index (χ0) is 17.1. The first-order valence-corrected chi connectivity index (χ1v) is 7.90. The number of aromatic amines is 1. The number of fused-ring (bicyclic) bond motifs is 1. The first kappa shape index (κ1) is 15.1. The highest BCUT2D eigenvalue weighted by atomic mass is 16.5. The Kier molecular flexibility index (Phi) is 3.99. The van der Waals surface area contributed by atoms with E-state index in [1.54, 1.807) is 24.3 Å². The number of nitrogens with one attached hydrogen (secondary N) is 2. The molecule has 0 radical (unpaired) electrons. The van der Waals surface area contributed by atoms with E-state index in [4.69, 9.17) is 4.74 Å². The van der Waals surface area contributed by atoms with Gasteiger partial charge in [0.15, 0.2) is 0 Å². The van der Waals surface area contributed by atoms with Crippen LogP contribution in [0, 0.1) is 0 Å². The summed E-state index contributed by atoms with van der Waals surface area (Å²) in [5.41, 5.74) is 4.49. The Morgan fingerprint density at radius 1 is 1.24 bits per heavy atom. The Morgan fingerprint density at radius 3 is 2.88 bits per heavy atom. The molecule has 0 fully saturated rings. The maximum atomic E-state index is 5.21. The maximum Gasteiger partial charge on any atom is 0.200 e. The van der Waals surface area contributed by atoms with Crippen LogP contribution in [0.1, 0.15) is 5.69 Å². The maximum absolute atomic E-state index is 5.21. The number of imidazole rings is 1. The third kappa shape index (κ3) is 3.14. The summed E-state index contributed by atoms with van der Waals surface area (Å²) in [4.78, 5) is 7.12. The van der Waals surface area contributed by atoms with Crippen LogP contribution in [-0.4, -0.2) is 43.4 Å². The topological polar surface area (TPSA) is 93.0 Å². The molecule has 8 nitrogen and oxygen atoms in total. The molecule has 0 amide bonds. The molecular formula is C17H17N7O. The smallest absolute Gasteiger partial charge is 0.200 e. The minimum Gasteiger partial charge on any atom is -0.497 e. The van der Waals surface area contributed by atoms with Crippen LogP contribution < -0.4 is 10.1 Å². The number of benzene rings is 1. The predicted octanol–water partition coefficient (Wildman–Crippen LogP) is 2.18. The molecule has 4 rings (SSSR count). The van der Waals surface area contributed by atoms with E-state index in [0.717, 1.165) is 41.4 Å². The summed E-state index contributed by atoms with van der Waals surface area (Å²) in [7, 11) is 1.65. The van der Waals surface area contributed by atoms with Crippen LogP contribution in [0.2, 0.25) is 0 Å². The Labute approximate surface area is 143 Å². The second kappa shape index (κ2) is 6.60. The van der Waals surface area contributed by atoms with Gasteiger partial charge in [-0.2, -0.15) is 9.61 Å². The van der Waals surface area contributed by atoms with E-state index in [2.05, 4.69) is 30.6 Å². The fourth-order valence-corrected chi connectivity index (χ4v) is 2.61. The normalized spacial score (nSPS) is 10.9. The Hall–Kier alpha value is -3.42. The molecule has 4 aromatic rings. The Morgan fingerprint density at radius 2 is 2.12 bits per heavy atom. The molecule has 3 heterocycles. The van der Waals surface area contributed by atoms with Gasteiger partial charge in [0.2, 0.25) is 5.65 Å². The molecule has 0 aliphatic rings. The van der Waals surface area contributed by atoms with Crippen molar-refractivity contribution < 1.29 is 4.74 Å². The van der Waals surface area contributed by atoms with Gasteiger partial charge in [0.25, 0.3) is 0 Å². The van der Waals surface area contributed by atoms with Crippen LogP contribution in [0.25, 0.3) is 16.9 Å². The summed E-state index contributed by atoms with van der Waals surface area (Å²) in [5, 5.41) is 16.1. The highest BCUT2D eigenvalue weighted by Crippen LogP contribution is 2.24. The molecule has 0 bridgehead atoms. The molecule has 0 saturated heterocycles. The van der Waals surface area contributed by atoms with Gasteiger partial charge in [0.05, 0.1) is 24.8 Å². The van der Waals surface area contributed by atoms with Crippen molar-refractivity contribution in [2.45, 2.75) is 6.42 Å². The molecule has 0 aliphatic heterocycles. The molecule has 0 spiro atoms. The summed E-state index contributed by atoms with van der Waals surface area (Å²) < 4.78 is 6.89.